The van der Waals surface area contributed by atoms with Crippen molar-refractivity contribution in [3.63, 3.8) is 0 Å². The van der Waals surface area contributed by atoms with Gasteiger partial charge in [0.05, 0.1) is 12.1 Å². The van der Waals surface area contributed by atoms with Gasteiger partial charge in [0.1, 0.15) is 30.5 Å². The molecule has 2 aromatic rings. The van der Waals surface area contributed by atoms with Gasteiger partial charge in [-0.1, -0.05) is 12.1 Å². The van der Waals surface area contributed by atoms with Crippen LogP contribution < -0.4 is 14.4 Å². The first-order valence-electron chi connectivity index (χ1n) is 8.19. The van der Waals surface area contributed by atoms with Gasteiger partial charge in [0.15, 0.2) is 6.61 Å². The van der Waals surface area contributed by atoms with Crippen LogP contribution in [0.3, 0.4) is 0 Å². The fraction of sp³-hybridized carbons (Fsp3) is 0.263. The molecule has 0 saturated carbocycles. The molecule has 7 heteroatoms. The normalized spacial score (nSPS) is 13.0. The predicted molar refractivity (Wildman–Crippen MR) is 91.8 cm³/mol. The first-order chi connectivity index (χ1) is 12.6. The number of hydrogen-bond acceptors (Lipinski definition) is 5. The van der Waals surface area contributed by atoms with E-state index in [1.165, 1.54) is 29.2 Å². The zero-order valence-electron chi connectivity index (χ0n) is 14.0. The van der Waals surface area contributed by atoms with E-state index in [4.69, 9.17) is 14.2 Å². The lowest BCUT2D eigenvalue weighted by Crippen LogP contribution is -2.40. The predicted octanol–water partition coefficient (Wildman–Crippen LogP) is 2.56. The van der Waals surface area contributed by atoms with Crippen LogP contribution in [-0.4, -0.2) is 38.2 Å². The zero-order valence-corrected chi connectivity index (χ0v) is 14.0. The highest BCUT2D eigenvalue weighted by atomic mass is 19.1. The average Bonchev–Trinajstić information content (AvgIpc) is 2.66. The first kappa shape index (κ1) is 17.7. The zero-order chi connectivity index (χ0) is 18.4. The van der Waals surface area contributed by atoms with Gasteiger partial charge in [-0.3, -0.25) is 9.59 Å². The largest absolute Gasteiger partial charge is 0.490 e. The molecule has 3 rings (SSSR count). The summed E-state index contributed by atoms with van der Waals surface area (Å²) in [5.41, 5.74) is 0.649. The molecule has 136 valence electrons. The Morgan fingerprint density at radius 1 is 1.12 bits per heavy atom. The van der Waals surface area contributed by atoms with E-state index in [2.05, 4.69) is 0 Å². The highest BCUT2D eigenvalue weighted by Gasteiger charge is 2.25. The van der Waals surface area contributed by atoms with Gasteiger partial charge in [0.25, 0.3) is 5.91 Å². The van der Waals surface area contributed by atoms with E-state index < -0.39 is 5.97 Å². The second kappa shape index (κ2) is 8.33. The minimum atomic E-state index is -0.426. The van der Waals surface area contributed by atoms with Crippen molar-refractivity contribution in [2.24, 2.45) is 0 Å². The van der Waals surface area contributed by atoms with E-state index in [0.717, 1.165) is 0 Å². The van der Waals surface area contributed by atoms with Gasteiger partial charge in [-0.05, 0) is 36.4 Å². The summed E-state index contributed by atoms with van der Waals surface area (Å²) in [4.78, 5) is 25.4. The number of hydrogen-bond donors (Lipinski definition) is 0. The molecule has 1 heterocycles. The molecule has 0 aliphatic carbocycles. The molecule has 0 unspecified atom stereocenters. The van der Waals surface area contributed by atoms with E-state index in [-0.39, 0.29) is 44.5 Å². The lowest BCUT2D eigenvalue weighted by molar-refractivity contribution is -0.144. The lowest BCUT2D eigenvalue weighted by Gasteiger charge is -2.28. The summed E-state index contributed by atoms with van der Waals surface area (Å²) in [6.07, 6.45) is 0.0661. The Kier molecular flexibility index (Phi) is 5.68. The van der Waals surface area contributed by atoms with Gasteiger partial charge in [0, 0.05) is 6.54 Å². The number of carbonyl (C=O) groups excluding carboxylic acids is 2. The maximum absolute atomic E-state index is 12.8. The van der Waals surface area contributed by atoms with Gasteiger partial charge >= 0.3 is 5.97 Å². The van der Waals surface area contributed by atoms with Gasteiger partial charge in [0.2, 0.25) is 0 Å². The fourth-order valence-electron chi connectivity index (χ4n) is 2.52. The van der Waals surface area contributed by atoms with Gasteiger partial charge in [-0.15, -0.1) is 0 Å². The molecule has 0 saturated heterocycles. The highest BCUT2D eigenvalue weighted by molar-refractivity contribution is 5.98. The summed E-state index contributed by atoms with van der Waals surface area (Å²) < 4.78 is 28.6. The van der Waals surface area contributed by atoms with Crippen molar-refractivity contribution in [3.05, 3.63) is 54.3 Å². The molecular formula is C19H18FNO5. The summed E-state index contributed by atoms with van der Waals surface area (Å²) in [6.45, 7) is 0.412. The quantitative estimate of drug-likeness (QED) is 0.562. The molecule has 1 aliphatic rings. The Hall–Kier alpha value is -3.09. The number of halogens is 1. The maximum atomic E-state index is 12.8. The second-order valence-electron chi connectivity index (χ2n) is 5.57. The molecule has 0 radical (unpaired) electrons. The third-order valence-electron chi connectivity index (χ3n) is 3.78. The van der Waals surface area contributed by atoms with Crippen LogP contribution in [0, 0.1) is 5.82 Å². The number of esters is 1. The Morgan fingerprint density at radius 2 is 1.88 bits per heavy atom. The lowest BCUT2D eigenvalue weighted by atomic mass is 10.2. The third-order valence-corrected chi connectivity index (χ3v) is 3.78. The number of ether oxygens (including phenoxy) is 3. The van der Waals surface area contributed by atoms with Crippen LogP contribution in [0.15, 0.2) is 48.5 Å². The number of nitrogens with zero attached hydrogens (tertiary/aromatic N) is 1. The maximum Gasteiger partial charge on any atom is 0.307 e. The Bertz CT molecular complexity index is 778. The van der Waals surface area contributed by atoms with Crippen molar-refractivity contribution < 1.29 is 28.2 Å². The van der Waals surface area contributed by atoms with Crippen LogP contribution in [0.2, 0.25) is 0 Å². The van der Waals surface area contributed by atoms with Crippen molar-refractivity contribution in [3.8, 4) is 11.5 Å². The van der Waals surface area contributed by atoms with E-state index in [9.17, 15) is 14.0 Å². The summed E-state index contributed by atoms with van der Waals surface area (Å²) >= 11 is 0. The smallest absolute Gasteiger partial charge is 0.307 e. The Morgan fingerprint density at radius 3 is 2.69 bits per heavy atom. The molecular weight excluding hydrogens is 341 g/mol. The molecule has 1 aliphatic heterocycles. The highest BCUT2D eigenvalue weighted by Crippen LogP contribution is 2.31. The van der Waals surface area contributed by atoms with Crippen molar-refractivity contribution in [2.45, 2.75) is 6.42 Å². The number of carbonyl (C=O) groups is 2. The molecule has 1 amide bonds. The molecule has 6 nitrogen and oxygen atoms in total. The van der Waals surface area contributed by atoms with Crippen molar-refractivity contribution in [1.82, 2.24) is 0 Å². The van der Waals surface area contributed by atoms with Gasteiger partial charge < -0.3 is 19.1 Å². The average molecular weight is 359 g/mol. The number of benzene rings is 2. The minimum Gasteiger partial charge on any atom is -0.490 e. The van der Waals surface area contributed by atoms with E-state index in [1.54, 1.807) is 18.2 Å². The summed E-state index contributed by atoms with van der Waals surface area (Å²) in [6, 6.07) is 12.8. The Labute approximate surface area is 150 Å². The van der Waals surface area contributed by atoms with Gasteiger partial charge in [-0.25, -0.2) is 4.39 Å². The van der Waals surface area contributed by atoms with Crippen LogP contribution in [0.5, 0.6) is 11.5 Å². The van der Waals surface area contributed by atoms with Crippen LogP contribution in [0.4, 0.5) is 10.1 Å². The van der Waals surface area contributed by atoms with Crippen LogP contribution in [0.25, 0.3) is 0 Å². The molecule has 0 aromatic heterocycles. The SMILES string of the molecule is O=C(CCN1C(=O)COc2ccccc21)OCCOc1ccc(F)cc1. The summed E-state index contributed by atoms with van der Waals surface area (Å²) in [5.74, 6) is 0.148. The molecule has 26 heavy (non-hydrogen) atoms. The van der Waals surface area contributed by atoms with Gasteiger partial charge in [-0.2, -0.15) is 0 Å². The minimum absolute atomic E-state index is 0.0441. The van der Waals surface area contributed by atoms with Crippen molar-refractivity contribution in [2.75, 3.05) is 31.3 Å². The summed E-state index contributed by atoms with van der Waals surface area (Å²) in [7, 11) is 0. The number of rotatable bonds is 7. The van der Waals surface area contributed by atoms with Crippen molar-refractivity contribution in [1.29, 1.82) is 0 Å². The standard InChI is InChI=1S/C19H18FNO5/c20-14-5-7-15(8-6-14)24-11-12-25-19(23)9-10-21-16-3-1-2-4-17(16)26-13-18(21)22/h1-8H,9-13H2. The van der Waals surface area contributed by atoms with Crippen LogP contribution in [-0.2, 0) is 14.3 Å². The van der Waals surface area contributed by atoms with E-state index in [1.807, 2.05) is 6.07 Å². The van der Waals surface area contributed by atoms with Crippen molar-refractivity contribution >= 4 is 17.6 Å². The molecule has 0 spiro atoms. The third kappa shape index (κ3) is 4.50. The number of anilines is 1. The number of para-hydroxylation sites is 2. The molecule has 0 bridgehead atoms. The molecule has 0 N–H and O–H groups in total. The fourth-order valence-corrected chi connectivity index (χ4v) is 2.52. The summed E-state index contributed by atoms with van der Waals surface area (Å²) in [5, 5.41) is 0. The monoisotopic (exact) mass is 359 g/mol. The Balaban J connectivity index is 1.41. The topological polar surface area (TPSA) is 65.1 Å². The molecule has 0 atom stereocenters. The second-order valence-corrected chi connectivity index (χ2v) is 5.57. The van der Waals surface area contributed by atoms with E-state index in [0.29, 0.717) is 17.2 Å². The number of amides is 1. The molecule has 0 fully saturated rings. The van der Waals surface area contributed by atoms with E-state index >= 15 is 0 Å². The number of fused-ring (bicyclic) bond motifs is 1. The first-order valence-corrected chi connectivity index (χ1v) is 8.19. The van der Waals surface area contributed by atoms with Crippen LogP contribution >= 0.6 is 0 Å². The van der Waals surface area contributed by atoms with Crippen LogP contribution in [0.1, 0.15) is 6.42 Å². The molecule has 2 aromatic carbocycles.